The predicted molar refractivity (Wildman–Crippen MR) is 105 cm³/mol. The van der Waals surface area contributed by atoms with Gasteiger partial charge in [0.15, 0.2) is 11.6 Å². The number of fused-ring (bicyclic) bond motifs is 1. The van der Waals surface area contributed by atoms with Crippen LogP contribution in [0.5, 0.6) is 5.75 Å². The Kier molecular flexibility index (Phi) is 5.69. The van der Waals surface area contributed by atoms with Crippen LogP contribution >= 0.6 is 0 Å². The Morgan fingerprint density at radius 1 is 1.20 bits per heavy atom. The Balaban J connectivity index is 1.41. The molecule has 0 saturated carbocycles. The molecule has 1 amide bonds. The molecule has 0 spiro atoms. The Labute approximate surface area is 170 Å². The maximum atomic E-state index is 14.0. The number of hydrogen-bond donors (Lipinski definition) is 1. The second-order valence-corrected chi connectivity index (χ2v) is 7.02. The highest BCUT2D eigenvalue weighted by atomic mass is 19.3. The number of carbonyl (C=O) groups is 1. The number of aromatic nitrogens is 2. The molecular weight excluding hydrogens is 397 g/mol. The number of anilines is 1. The van der Waals surface area contributed by atoms with Crippen molar-refractivity contribution in [3.05, 3.63) is 60.3 Å². The lowest BCUT2D eigenvalue weighted by molar-refractivity contribution is -0.0520. The van der Waals surface area contributed by atoms with Crippen LogP contribution in [0.4, 0.5) is 18.9 Å². The molecule has 4 rings (SSSR count). The average Bonchev–Trinajstić information content (AvgIpc) is 2.75. The van der Waals surface area contributed by atoms with Gasteiger partial charge in [-0.15, -0.1) is 0 Å². The summed E-state index contributed by atoms with van der Waals surface area (Å²) in [7, 11) is 0. The standard InChI is InChI=1S/C21H19F3N4O2/c22-17-9-13-8-14(11-26-18(13)10-19(17)30-21(23)24)20(29)27-15-3-6-28(7-4-15)16-2-1-5-25-12-16/h1-2,5,8-12,15,21H,3-4,6-7H2,(H,27,29). The predicted octanol–water partition coefficient (Wildman–Crippen LogP) is 3.77. The van der Waals surface area contributed by atoms with Crippen molar-refractivity contribution in [2.24, 2.45) is 0 Å². The minimum absolute atomic E-state index is 0.0136. The van der Waals surface area contributed by atoms with Gasteiger partial charge in [-0.05, 0) is 37.1 Å². The molecule has 2 aromatic heterocycles. The van der Waals surface area contributed by atoms with Gasteiger partial charge in [-0.2, -0.15) is 8.78 Å². The lowest BCUT2D eigenvalue weighted by Crippen LogP contribution is -2.44. The second kappa shape index (κ2) is 8.56. The molecule has 9 heteroatoms. The van der Waals surface area contributed by atoms with Crippen molar-refractivity contribution in [2.45, 2.75) is 25.5 Å². The summed E-state index contributed by atoms with van der Waals surface area (Å²) in [5.74, 6) is -1.83. The van der Waals surface area contributed by atoms with Crippen LogP contribution in [0.25, 0.3) is 10.9 Å². The Morgan fingerprint density at radius 3 is 2.70 bits per heavy atom. The Morgan fingerprint density at radius 2 is 2.00 bits per heavy atom. The molecule has 1 aromatic carbocycles. The molecule has 1 saturated heterocycles. The number of rotatable bonds is 5. The number of halogens is 3. The van der Waals surface area contributed by atoms with Gasteiger partial charge in [0.1, 0.15) is 0 Å². The number of benzene rings is 1. The van der Waals surface area contributed by atoms with Crippen LogP contribution in [0.2, 0.25) is 0 Å². The average molecular weight is 416 g/mol. The van der Waals surface area contributed by atoms with Crippen molar-refractivity contribution < 1.29 is 22.7 Å². The van der Waals surface area contributed by atoms with Gasteiger partial charge in [-0.1, -0.05) is 0 Å². The van der Waals surface area contributed by atoms with Crippen LogP contribution in [0.1, 0.15) is 23.2 Å². The summed E-state index contributed by atoms with van der Waals surface area (Å²) in [6.07, 6.45) is 6.45. The first-order valence-electron chi connectivity index (χ1n) is 9.49. The molecule has 3 heterocycles. The zero-order chi connectivity index (χ0) is 21.1. The normalized spacial score (nSPS) is 14.9. The number of nitrogens with one attached hydrogen (secondary N) is 1. The highest BCUT2D eigenvalue weighted by Crippen LogP contribution is 2.26. The highest BCUT2D eigenvalue weighted by molar-refractivity contribution is 5.97. The molecule has 30 heavy (non-hydrogen) atoms. The number of piperidine rings is 1. The number of ether oxygens (including phenoxy) is 1. The van der Waals surface area contributed by atoms with E-state index in [0.29, 0.717) is 5.39 Å². The maximum Gasteiger partial charge on any atom is 0.387 e. The zero-order valence-electron chi connectivity index (χ0n) is 15.9. The van der Waals surface area contributed by atoms with Crippen LogP contribution in [-0.4, -0.2) is 41.6 Å². The van der Waals surface area contributed by atoms with Crippen LogP contribution in [0.15, 0.2) is 48.9 Å². The molecule has 6 nitrogen and oxygen atoms in total. The van der Waals surface area contributed by atoms with E-state index in [1.165, 1.54) is 12.3 Å². The third-order valence-electron chi connectivity index (χ3n) is 5.05. The van der Waals surface area contributed by atoms with Crippen molar-refractivity contribution in [3.63, 3.8) is 0 Å². The molecule has 3 aromatic rings. The van der Waals surface area contributed by atoms with Gasteiger partial charge in [0.25, 0.3) is 5.91 Å². The van der Waals surface area contributed by atoms with E-state index in [2.05, 4.69) is 24.9 Å². The lowest BCUT2D eigenvalue weighted by atomic mass is 10.0. The number of carbonyl (C=O) groups excluding carboxylic acids is 1. The van der Waals surface area contributed by atoms with Crippen molar-refractivity contribution in [2.75, 3.05) is 18.0 Å². The fourth-order valence-corrected chi connectivity index (χ4v) is 3.53. The van der Waals surface area contributed by atoms with Gasteiger partial charge < -0.3 is 15.0 Å². The van der Waals surface area contributed by atoms with Crippen LogP contribution in [0, 0.1) is 5.82 Å². The van der Waals surface area contributed by atoms with E-state index in [0.717, 1.165) is 43.8 Å². The number of hydrogen-bond acceptors (Lipinski definition) is 5. The van der Waals surface area contributed by atoms with E-state index in [4.69, 9.17) is 0 Å². The number of pyridine rings is 2. The summed E-state index contributed by atoms with van der Waals surface area (Å²) in [6, 6.07) is 7.51. The summed E-state index contributed by atoms with van der Waals surface area (Å²) >= 11 is 0. The summed E-state index contributed by atoms with van der Waals surface area (Å²) in [4.78, 5) is 23.0. The van der Waals surface area contributed by atoms with Crippen molar-refractivity contribution in [3.8, 4) is 5.75 Å². The number of alkyl halides is 2. The van der Waals surface area contributed by atoms with Gasteiger partial charge in [0.2, 0.25) is 0 Å². The summed E-state index contributed by atoms with van der Waals surface area (Å²) < 4.78 is 42.8. The van der Waals surface area contributed by atoms with E-state index in [1.54, 1.807) is 6.20 Å². The zero-order valence-corrected chi connectivity index (χ0v) is 15.9. The molecule has 1 fully saturated rings. The minimum Gasteiger partial charge on any atom is -0.432 e. The molecule has 1 aliphatic heterocycles. The third kappa shape index (κ3) is 4.45. The van der Waals surface area contributed by atoms with E-state index in [9.17, 15) is 18.0 Å². The SMILES string of the molecule is O=C(NC1CCN(c2cccnc2)CC1)c1cnc2cc(OC(F)F)c(F)cc2c1. The number of nitrogens with zero attached hydrogens (tertiary/aromatic N) is 3. The second-order valence-electron chi connectivity index (χ2n) is 7.02. The molecule has 0 radical (unpaired) electrons. The minimum atomic E-state index is -3.13. The van der Waals surface area contributed by atoms with Gasteiger partial charge in [0, 0.05) is 43.0 Å². The first kappa shape index (κ1) is 19.9. The first-order chi connectivity index (χ1) is 14.5. The molecule has 1 aliphatic rings. The molecule has 0 atom stereocenters. The monoisotopic (exact) mass is 416 g/mol. The van der Waals surface area contributed by atoms with E-state index in [-0.39, 0.29) is 23.0 Å². The highest BCUT2D eigenvalue weighted by Gasteiger charge is 2.22. The Hall–Kier alpha value is -3.36. The fourth-order valence-electron chi connectivity index (χ4n) is 3.53. The van der Waals surface area contributed by atoms with Crippen LogP contribution in [0.3, 0.4) is 0 Å². The van der Waals surface area contributed by atoms with Crippen LogP contribution < -0.4 is 15.0 Å². The Bertz CT molecular complexity index is 1040. The molecule has 0 unspecified atom stereocenters. The first-order valence-corrected chi connectivity index (χ1v) is 9.49. The molecule has 0 bridgehead atoms. The lowest BCUT2D eigenvalue weighted by Gasteiger charge is -2.33. The largest absolute Gasteiger partial charge is 0.432 e. The van der Waals surface area contributed by atoms with Crippen molar-refractivity contribution >= 4 is 22.5 Å². The van der Waals surface area contributed by atoms with Crippen molar-refractivity contribution in [1.82, 2.24) is 15.3 Å². The summed E-state index contributed by atoms with van der Waals surface area (Å²) in [5, 5.41) is 3.31. The molecular formula is C21H19F3N4O2. The topological polar surface area (TPSA) is 67.4 Å². The quantitative estimate of drug-likeness (QED) is 0.686. The van der Waals surface area contributed by atoms with Crippen molar-refractivity contribution in [1.29, 1.82) is 0 Å². The summed E-state index contributed by atoms with van der Waals surface area (Å²) in [6.45, 7) is -1.54. The van der Waals surface area contributed by atoms with E-state index < -0.39 is 18.2 Å². The van der Waals surface area contributed by atoms with Crippen LogP contribution in [-0.2, 0) is 0 Å². The molecule has 0 aliphatic carbocycles. The number of amides is 1. The molecule has 1 N–H and O–H groups in total. The third-order valence-corrected chi connectivity index (χ3v) is 5.05. The van der Waals surface area contributed by atoms with E-state index in [1.807, 2.05) is 18.3 Å². The van der Waals surface area contributed by atoms with Gasteiger partial charge in [-0.3, -0.25) is 14.8 Å². The van der Waals surface area contributed by atoms with Gasteiger partial charge >= 0.3 is 6.61 Å². The molecule has 156 valence electrons. The van der Waals surface area contributed by atoms with Gasteiger partial charge in [0.05, 0.1) is 23.0 Å². The maximum absolute atomic E-state index is 14.0. The van der Waals surface area contributed by atoms with Gasteiger partial charge in [-0.25, -0.2) is 4.39 Å². The van der Waals surface area contributed by atoms with E-state index >= 15 is 0 Å². The summed E-state index contributed by atoms with van der Waals surface area (Å²) in [5.41, 5.74) is 1.59. The fraction of sp³-hybridized carbons (Fsp3) is 0.286. The smallest absolute Gasteiger partial charge is 0.387 e.